The van der Waals surface area contributed by atoms with Gasteiger partial charge in [-0.1, -0.05) is 35.3 Å². The summed E-state index contributed by atoms with van der Waals surface area (Å²) in [5, 5.41) is 5.71. The zero-order valence-electron chi connectivity index (χ0n) is 13.9. The molecule has 0 saturated carbocycles. The highest BCUT2D eigenvalue weighted by Gasteiger charge is 2.17. The van der Waals surface area contributed by atoms with E-state index in [-0.39, 0.29) is 11.7 Å². The minimum atomic E-state index is -0.289. The molecular formula is C20H13Cl2FN2OS. The van der Waals surface area contributed by atoms with E-state index in [0.717, 1.165) is 15.8 Å². The first kappa shape index (κ1) is 18.0. The molecule has 0 aliphatic rings. The van der Waals surface area contributed by atoms with Gasteiger partial charge in [0, 0.05) is 22.3 Å². The van der Waals surface area contributed by atoms with Gasteiger partial charge in [-0.3, -0.25) is 4.79 Å². The third-order valence-electron chi connectivity index (χ3n) is 4.13. The van der Waals surface area contributed by atoms with Crippen LogP contribution in [0.5, 0.6) is 0 Å². The second-order valence-corrected chi connectivity index (χ2v) is 7.85. The molecule has 0 fully saturated rings. The van der Waals surface area contributed by atoms with E-state index in [1.165, 1.54) is 12.1 Å². The Balaban J connectivity index is 1.69. The van der Waals surface area contributed by atoms with Crippen molar-refractivity contribution in [3.8, 4) is 0 Å². The minimum Gasteiger partial charge on any atom is -0.331 e. The van der Waals surface area contributed by atoms with Crippen molar-refractivity contribution in [2.75, 3.05) is 5.32 Å². The van der Waals surface area contributed by atoms with Crippen LogP contribution in [0.2, 0.25) is 10.0 Å². The van der Waals surface area contributed by atoms with Crippen LogP contribution in [0.15, 0.2) is 60.0 Å². The Morgan fingerprint density at radius 1 is 1.04 bits per heavy atom. The molecule has 0 bridgehead atoms. The maximum absolute atomic E-state index is 13.2. The number of carbonyl (C=O) groups is 1. The molecule has 2 heterocycles. The molecule has 2 aromatic heterocycles. The van der Waals surface area contributed by atoms with E-state index in [2.05, 4.69) is 5.32 Å². The predicted molar refractivity (Wildman–Crippen MR) is 110 cm³/mol. The number of rotatable bonds is 4. The van der Waals surface area contributed by atoms with Gasteiger partial charge in [-0.2, -0.15) is 0 Å². The van der Waals surface area contributed by atoms with E-state index in [1.54, 1.807) is 41.7 Å². The Labute approximate surface area is 169 Å². The number of amides is 1. The van der Waals surface area contributed by atoms with E-state index in [1.807, 2.05) is 22.1 Å². The van der Waals surface area contributed by atoms with Crippen LogP contribution in [0.25, 0.3) is 10.2 Å². The van der Waals surface area contributed by atoms with Crippen molar-refractivity contribution in [3.63, 3.8) is 0 Å². The summed E-state index contributed by atoms with van der Waals surface area (Å²) in [7, 11) is 0. The second kappa shape index (κ2) is 7.35. The molecule has 0 unspecified atom stereocenters. The van der Waals surface area contributed by atoms with Gasteiger partial charge in [-0.05, 0) is 53.4 Å². The lowest BCUT2D eigenvalue weighted by Crippen LogP contribution is -2.17. The lowest BCUT2D eigenvalue weighted by molar-refractivity contribution is 0.101. The van der Waals surface area contributed by atoms with Gasteiger partial charge in [0.2, 0.25) is 0 Å². The number of hydrogen-bond acceptors (Lipinski definition) is 2. The molecule has 3 nitrogen and oxygen atoms in total. The standard InChI is InChI=1S/C20H13Cl2FN2OS/c21-13-7-14(22)9-16(8-13)24-20(26)18-10-19-17(5-6-27-19)25(18)11-12-1-3-15(23)4-2-12/h1-10H,11H2,(H,24,26). The Morgan fingerprint density at radius 2 is 1.74 bits per heavy atom. The molecule has 1 amide bonds. The number of hydrogen-bond donors (Lipinski definition) is 1. The average Bonchev–Trinajstić information content (AvgIpc) is 3.18. The van der Waals surface area contributed by atoms with Crippen molar-refractivity contribution in [3.05, 3.63) is 87.1 Å². The van der Waals surface area contributed by atoms with Crippen LogP contribution in [-0.2, 0) is 6.54 Å². The molecular weight excluding hydrogens is 406 g/mol. The summed E-state index contributed by atoms with van der Waals surface area (Å²) in [4.78, 5) is 12.9. The van der Waals surface area contributed by atoms with Crippen LogP contribution in [0.1, 0.15) is 16.1 Å². The molecule has 7 heteroatoms. The molecule has 0 aliphatic heterocycles. The number of fused-ring (bicyclic) bond motifs is 1. The molecule has 27 heavy (non-hydrogen) atoms. The summed E-state index contributed by atoms with van der Waals surface area (Å²) < 4.78 is 16.1. The number of thiophene rings is 1. The monoisotopic (exact) mass is 418 g/mol. The van der Waals surface area contributed by atoms with Crippen LogP contribution in [0.4, 0.5) is 10.1 Å². The van der Waals surface area contributed by atoms with Crippen LogP contribution < -0.4 is 5.32 Å². The van der Waals surface area contributed by atoms with Gasteiger partial charge in [-0.25, -0.2) is 4.39 Å². The van der Waals surface area contributed by atoms with Gasteiger partial charge in [0.1, 0.15) is 11.5 Å². The minimum absolute atomic E-state index is 0.265. The fourth-order valence-electron chi connectivity index (χ4n) is 2.93. The maximum atomic E-state index is 13.2. The largest absolute Gasteiger partial charge is 0.331 e. The molecule has 2 aromatic carbocycles. The molecule has 136 valence electrons. The Kier molecular flexibility index (Phi) is 4.91. The van der Waals surface area contributed by atoms with Crippen molar-refractivity contribution in [1.29, 1.82) is 0 Å². The molecule has 4 aromatic rings. The average molecular weight is 419 g/mol. The molecule has 0 spiro atoms. The van der Waals surface area contributed by atoms with E-state index >= 15 is 0 Å². The lowest BCUT2D eigenvalue weighted by atomic mass is 10.2. The number of nitrogens with one attached hydrogen (secondary N) is 1. The van der Waals surface area contributed by atoms with Gasteiger partial charge < -0.3 is 9.88 Å². The quantitative estimate of drug-likeness (QED) is 0.405. The van der Waals surface area contributed by atoms with Crippen LogP contribution >= 0.6 is 34.5 Å². The zero-order valence-corrected chi connectivity index (χ0v) is 16.2. The summed E-state index contributed by atoms with van der Waals surface area (Å²) >= 11 is 13.6. The first-order valence-corrected chi connectivity index (χ1v) is 9.72. The van der Waals surface area contributed by atoms with Gasteiger partial charge in [0.25, 0.3) is 5.91 Å². The van der Waals surface area contributed by atoms with Crippen LogP contribution in [-0.4, -0.2) is 10.5 Å². The van der Waals surface area contributed by atoms with Crippen LogP contribution in [0.3, 0.4) is 0 Å². The third-order valence-corrected chi connectivity index (χ3v) is 5.42. The normalized spacial score (nSPS) is 11.1. The molecule has 0 atom stereocenters. The molecule has 1 N–H and O–H groups in total. The zero-order chi connectivity index (χ0) is 19.0. The fraction of sp³-hybridized carbons (Fsp3) is 0.0500. The van der Waals surface area contributed by atoms with Crippen molar-refractivity contribution in [2.24, 2.45) is 0 Å². The topological polar surface area (TPSA) is 34.0 Å². The molecule has 4 rings (SSSR count). The number of halogens is 3. The third kappa shape index (κ3) is 3.86. The maximum Gasteiger partial charge on any atom is 0.272 e. The summed E-state index contributed by atoms with van der Waals surface area (Å²) in [6, 6.07) is 15.0. The van der Waals surface area contributed by atoms with Crippen molar-refractivity contribution in [1.82, 2.24) is 4.57 Å². The van der Waals surface area contributed by atoms with Gasteiger partial charge in [-0.15, -0.1) is 11.3 Å². The van der Waals surface area contributed by atoms with Crippen molar-refractivity contribution >= 4 is 56.3 Å². The lowest BCUT2D eigenvalue weighted by Gasteiger charge is -2.11. The highest BCUT2D eigenvalue weighted by atomic mass is 35.5. The van der Waals surface area contributed by atoms with Gasteiger partial charge >= 0.3 is 0 Å². The Bertz CT molecular complexity index is 1110. The van der Waals surface area contributed by atoms with Gasteiger partial charge in [0.05, 0.1) is 10.2 Å². The van der Waals surface area contributed by atoms with Crippen molar-refractivity contribution < 1.29 is 9.18 Å². The Morgan fingerprint density at radius 3 is 2.44 bits per heavy atom. The first-order valence-electron chi connectivity index (χ1n) is 8.08. The summed E-state index contributed by atoms with van der Waals surface area (Å²) in [6.07, 6.45) is 0. The number of aromatic nitrogens is 1. The highest BCUT2D eigenvalue weighted by Crippen LogP contribution is 2.28. The smallest absolute Gasteiger partial charge is 0.272 e. The van der Waals surface area contributed by atoms with E-state index in [4.69, 9.17) is 23.2 Å². The first-order chi connectivity index (χ1) is 13.0. The number of nitrogens with zero attached hydrogens (tertiary/aromatic N) is 1. The summed E-state index contributed by atoms with van der Waals surface area (Å²) in [6.45, 7) is 0.458. The molecule has 0 aliphatic carbocycles. The number of benzene rings is 2. The fourth-order valence-corrected chi connectivity index (χ4v) is 4.28. The van der Waals surface area contributed by atoms with Crippen molar-refractivity contribution in [2.45, 2.75) is 6.54 Å². The van der Waals surface area contributed by atoms with Crippen LogP contribution in [0, 0.1) is 5.82 Å². The highest BCUT2D eigenvalue weighted by molar-refractivity contribution is 7.17. The molecule has 0 saturated heterocycles. The van der Waals surface area contributed by atoms with E-state index < -0.39 is 0 Å². The second-order valence-electron chi connectivity index (χ2n) is 6.02. The molecule has 0 radical (unpaired) electrons. The van der Waals surface area contributed by atoms with E-state index in [9.17, 15) is 9.18 Å². The summed E-state index contributed by atoms with van der Waals surface area (Å²) in [5.74, 6) is -0.554. The van der Waals surface area contributed by atoms with Gasteiger partial charge in [0.15, 0.2) is 0 Å². The number of carbonyl (C=O) groups excluding carboxylic acids is 1. The predicted octanol–water partition coefficient (Wildman–Crippen LogP) is 6.45. The van der Waals surface area contributed by atoms with E-state index in [0.29, 0.717) is 28.0 Å². The SMILES string of the molecule is O=C(Nc1cc(Cl)cc(Cl)c1)c1cc2sccc2n1Cc1ccc(F)cc1. The Hall–Kier alpha value is -2.34. The summed E-state index contributed by atoms with van der Waals surface area (Å²) in [5.41, 5.74) is 2.89. The number of anilines is 1.